The number of aromatic amines is 1. The Morgan fingerprint density at radius 1 is 1.22 bits per heavy atom. The lowest BCUT2D eigenvalue weighted by Crippen LogP contribution is -2.13. The van der Waals surface area contributed by atoms with Gasteiger partial charge in [-0.2, -0.15) is 10.2 Å². The van der Waals surface area contributed by atoms with Crippen molar-refractivity contribution in [2.24, 2.45) is 0 Å². The van der Waals surface area contributed by atoms with Crippen molar-refractivity contribution in [3.8, 4) is 5.75 Å². The van der Waals surface area contributed by atoms with Crippen molar-refractivity contribution in [1.82, 2.24) is 20.0 Å². The highest BCUT2D eigenvalue weighted by molar-refractivity contribution is 6.11. The van der Waals surface area contributed by atoms with Gasteiger partial charge in [-0.3, -0.25) is 14.6 Å². The molecule has 0 radical (unpaired) electrons. The molecule has 0 saturated heterocycles. The van der Waals surface area contributed by atoms with Crippen molar-refractivity contribution in [3.05, 3.63) is 72.2 Å². The maximum absolute atomic E-state index is 12.6. The van der Waals surface area contributed by atoms with Crippen LogP contribution in [0.3, 0.4) is 0 Å². The quantitative estimate of drug-likeness (QED) is 0.551. The maximum atomic E-state index is 12.6. The molecular formula is C20H19N5O2. The smallest absolute Gasteiger partial charge is 0.276 e. The molecule has 4 rings (SSSR count). The summed E-state index contributed by atoms with van der Waals surface area (Å²) >= 11 is 0. The van der Waals surface area contributed by atoms with Gasteiger partial charge >= 0.3 is 0 Å². The average Bonchev–Trinajstić information content (AvgIpc) is 3.31. The summed E-state index contributed by atoms with van der Waals surface area (Å²) < 4.78 is 7.55. The van der Waals surface area contributed by atoms with Gasteiger partial charge in [0, 0.05) is 29.5 Å². The van der Waals surface area contributed by atoms with E-state index >= 15 is 0 Å². The van der Waals surface area contributed by atoms with E-state index in [1.807, 2.05) is 55.6 Å². The number of fused-ring (bicyclic) bond motifs is 1. The van der Waals surface area contributed by atoms with E-state index in [4.69, 9.17) is 4.74 Å². The van der Waals surface area contributed by atoms with E-state index in [-0.39, 0.29) is 5.91 Å². The first-order valence-electron chi connectivity index (χ1n) is 8.65. The zero-order chi connectivity index (χ0) is 18.6. The van der Waals surface area contributed by atoms with Crippen molar-refractivity contribution in [3.63, 3.8) is 0 Å². The molecule has 1 amide bonds. The molecule has 0 bridgehead atoms. The Morgan fingerprint density at radius 3 is 3.00 bits per heavy atom. The topological polar surface area (TPSA) is 84.8 Å². The highest BCUT2D eigenvalue weighted by Gasteiger charge is 2.14. The minimum Gasteiger partial charge on any atom is -0.492 e. The van der Waals surface area contributed by atoms with Crippen LogP contribution in [0.5, 0.6) is 5.75 Å². The minimum atomic E-state index is -0.263. The number of nitrogens with zero attached hydrogens (tertiary/aromatic N) is 3. The number of benzene rings is 2. The lowest BCUT2D eigenvalue weighted by atomic mass is 10.1. The number of carbonyl (C=O) groups is 1. The number of aromatic nitrogens is 4. The van der Waals surface area contributed by atoms with Crippen LogP contribution in [0.1, 0.15) is 16.1 Å². The van der Waals surface area contributed by atoms with Crippen LogP contribution in [0.25, 0.3) is 10.9 Å². The van der Waals surface area contributed by atoms with E-state index in [1.165, 1.54) is 0 Å². The molecule has 0 saturated carbocycles. The molecular weight excluding hydrogens is 342 g/mol. The van der Waals surface area contributed by atoms with Gasteiger partial charge < -0.3 is 10.1 Å². The summed E-state index contributed by atoms with van der Waals surface area (Å²) in [7, 11) is 0. The van der Waals surface area contributed by atoms with E-state index < -0.39 is 0 Å². The van der Waals surface area contributed by atoms with Crippen molar-refractivity contribution in [1.29, 1.82) is 0 Å². The zero-order valence-corrected chi connectivity index (χ0v) is 14.8. The predicted molar refractivity (Wildman–Crippen MR) is 103 cm³/mol. The van der Waals surface area contributed by atoms with Gasteiger partial charge in [-0.25, -0.2) is 0 Å². The molecule has 27 heavy (non-hydrogen) atoms. The van der Waals surface area contributed by atoms with Crippen LogP contribution in [-0.4, -0.2) is 32.5 Å². The number of carbonyl (C=O) groups excluding carboxylic acids is 1. The lowest BCUT2D eigenvalue weighted by molar-refractivity contribution is 0.102. The second-order valence-corrected chi connectivity index (χ2v) is 6.22. The molecule has 0 aliphatic carbocycles. The van der Waals surface area contributed by atoms with E-state index in [2.05, 4.69) is 20.6 Å². The first kappa shape index (κ1) is 16.8. The third-order valence-electron chi connectivity index (χ3n) is 4.17. The highest BCUT2D eigenvalue weighted by Crippen LogP contribution is 2.21. The number of ether oxygens (including phenoxy) is 1. The summed E-state index contributed by atoms with van der Waals surface area (Å²) in [6, 6.07) is 15.0. The Balaban J connectivity index is 1.44. The second-order valence-electron chi connectivity index (χ2n) is 6.22. The minimum absolute atomic E-state index is 0.263. The third-order valence-corrected chi connectivity index (χ3v) is 4.17. The number of hydrogen-bond acceptors (Lipinski definition) is 4. The van der Waals surface area contributed by atoms with E-state index in [1.54, 1.807) is 16.9 Å². The summed E-state index contributed by atoms with van der Waals surface area (Å²) in [6.45, 7) is 3.13. The fraction of sp³-hybridized carbons (Fsp3) is 0.150. The molecule has 2 heterocycles. The number of anilines is 1. The Hall–Kier alpha value is -3.61. The Morgan fingerprint density at radius 2 is 2.15 bits per heavy atom. The summed E-state index contributed by atoms with van der Waals surface area (Å²) in [5.74, 6) is 0.420. The Kier molecular flexibility index (Phi) is 4.57. The van der Waals surface area contributed by atoms with E-state index in [0.717, 1.165) is 16.5 Å². The van der Waals surface area contributed by atoms with Crippen LogP contribution in [0.4, 0.5) is 5.69 Å². The van der Waals surface area contributed by atoms with Gasteiger partial charge in [0.15, 0.2) is 5.69 Å². The molecule has 2 aromatic carbocycles. The van der Waals surface area contributed by atoms with Gasteiger partial charge in [-0.05, 0) is 37.3 Å². The number of nitrogens with one attached hydrogen (secondary N) is 2. The van der Waals surface area contributed by atoms with Gasteiger partial charge in [-0.15, -0.1) is 0 Å². The molecule has 0 spiro atoms. The molecule has 4 aromatic rings. The van der Waals surface area contributed by atoms with Gasteiger partial charge in [0.1, 0.15) is 12.4 Å². The number of amides is 1. The van der Waals surface area contributed by atoms with Crippen LogP contribution in [-0.2, 0) is 6.54 Å². The molecule has 0 atom stereocenters. The van der Waals surface area contributed by atoms with Crippen LogP contribution >= 0.6 is 0 Å². The van der Waals surface area contributed by atoms with E-state index in [0.29, 0.717) is 30.3 Å². The normalized spacial score (nSPS) is 10.9. The molecule has 136 valence electrons. The standard InChI is InChI=1S/C20H19N5O2/c1-14-6-7-18-17(12-14)19(24-23-18)20(26)22-15-4-2-5-16(13-15)27-11-10-25-9-3-8-21-25/h2-9,12-13H,10-11H2,1H3,(H,22,26)(H,23,24). The van der Waals surface area contributed by atoms with Gasteiger partial charge in [-0.1, -0.05) is 17.7 Å². The predicted octanol–water partition coefficient (Wildman–Crippen LogP) is 3.40. The van der Waals surface area contributed by atoms with Crippen molar-refractivity contribution >= 4 is 22.5 Å². The number of aryl methyl sites for hydroxylation is 1. The molecule has 7 heteroatoms. The molecule has 0 unspecified atom stereocenters. The highest BCUT2D eigenvalue weighted by atomic mass is 16.5. The first-order valence-corrected chi connectivity index (χ1v) is 8.65. The number of rotatable bonds is 6. The molecule has 0 aliphatic rings. The summed E-state index contributed by atoms with van der Waals surface area (Å²) in [6.07, 6.45) is 3.62. The van der Waals surface area contributed by atoms with Gasteiger partial charge in [0.2, 0.25) is 0 Å². The molecule has 2 aromatic heterocycles. The zero-order valence-electron chi connectivity index (χ0n) is 14.8. The number of hydrogen-bond donors (Lipinski definition) is 2. The van der Waals surface area contributed by atoms with Crippen LogP contribution in [0, 0.1) is 6.92 Å². The number of H-pyrrole nitrogens is 1. The van der Waals surface area contributed by atoms with Crippen molar-refractivity contribution in [2.45, 2.75) is 13.5 Å². The van der Waals surface area contributed by atoms with Crippen molar-refractivity contribution < 1.29 is 9.53 Å². The van der Waals surface area contributed by atoms with Crippen LogP contribution in [0.2, 0.25) is 0 Å². The summed E-state index contributed by atoms with van der Waals surface area (Å²) in [5, 5.41) is 14.9. The van der Waals surface area contributed by atoms with Gasteiger partial charge in [0.05, 0.1) is 12.1 Å². The Labute approximate surface area is 156 Å². The largest absolute Gasteiger partial charge is 0.492 e. The fourth-order valence-electron chi connectivity index (χ4n) is 2.84. The molecule has 0 fully saturated rings. The lowest BCUT2D eigenvalue weighted by Gasteiger charge is -2.09. The second kappa shape index (κ2) is 7.33. The molecule has 2 N–H and O–H groups in total. The van der Waals surface area contributed by atoms with Crippen molar-refractivity contribution in [2.75, 3.05) is 11.9 Å². The van der Waals surface area contributed by atoms with Crippen LogP contribution < -0.4 is 10.1 Å². The maximum Gasteiger partial charge on any atom is 0.276 e. The first-order chi connectivity index (χ1) is 13.2. The monoisotopic (exact) mass is 361 g/mol. The molecule has 0 aliphatic heterocycles. The third kappa shape index (κ3) is 3.82. The average molecular weight is 361 g/mol. The summed E-state index contributed by atoms with van der Waals surface area (Å²) in [5.41, 5.74) is 2.94. The SMILES string of the molecule is Cc1ccc2[nH]nc(C(=O)Nc3cccc(OCCn4cccn4)c3)c2c1. The van der Waals surface area contributed by atoms with Gasteiger partial charge in [0.25, 0.3) is 5.91 Å². The fourth-order valence-corrected chi connectivity index (χ4v) is 2.84. The van der Waals surface area contributed by atoms with E-state index in [9.17, 15) is 4.79 Å². The molecule has 7 nitrogen and oxygen atoms in total. The Bertz CT molecular complexity index is 1070. The van der Waals surface area contributed by atoms with Crippen LogP contribution in [0.15, 0.2) is 60.9 Å². The summed E-state index contributed by atoms with van der Waals surface area (Å²) in [4.78, 5) is 12.6.